The lowest BCUT2D eigenvalue weighted by atomic mass is 9.96. The number of benzene rings is 1. The highest BCUT2D eigenvalue weighted by Crippen LogP contribution is 2.25. The van der Waals surface area contributed by atoms with Gasteiger partial charge in [-0.1, -0.05) is 13.0 Å². The summed E-state index contributed by atoms with van der Waals surface area (Å²) in [4.78, 5) is 0. The number of aliphatic hydroxyl groups excluding tert-OH is 1. The van der Waals surface area contributed by atoms with Crippen molar-refractivity contribution < 1.29 is 14.2 Å². The van der Waals surface area contributed by atoms with Gasteiger partial charge in [0, 0.05) is 0 Å². The molecule has 3 nitrogen and oxygen atoms in total. The fraction of sp³-hybridized carbons (Fsp3) is 0.533. The predicted octanol–water partition coefficient (Wildman–Crippen LogP) is 2.99. The largest absolute Gasteiger partial charge is 0.393 e. The summed E-state index contributed by atoms with van der Waals surface area (Å²) in [5, 5.41) is 18.4. The van der Waals surface area contributed by atoms with Crippen LogP contribution in [0, 0.1) is 22.6 Å². The van der Waals surface area contributed by atoms with Crippen molar-refractivity contribution in [3.05, 3.63) is 35.1 Å². The van der Waals surface area contributed by atoms with Crippen molar-refractivity contribution in [2.45, 2.75) is 33.3 Å². The standard InChI is InChI=1S/C15H20FNO2/c1-4-11-5-6-12(16)7-13(11)14(8-18)19-10-15(2,3)9-17/h5-7,14,18H,4,8,10H2,1-3H3/t14-/m0/s1. The fourth-order valence-electron chi connectivity index (χ4n) is 1.77. The van der Waals surface area contributed by atoms with Crippen LogP contribution in [0.15, 0.2) is 18.2 Å². The molecule has 0 fully saturated rings. The van der Waals surface area contributed by atoms with Gasteiger partial charge in [-0.05, 0) is 43.5 Å². The van der Waals surface area contributed by atoms with E-state index in [9.17, 15) is 9.50 Å². The van der Waals surface area contributed by atoms with E-state index in [4.69, 9.17) is 10.00 Å². The lowest BCUT2D eigenvalue weighted by molar-refractivity contribution is -0.0142. The SMILES string of the molecule is CCc1ccc(F)cc1[C@H](CO)OCC(C)(C)C#N. The highest BCUT2D eigenvalue weighted by molar-refractivity contribution is 5.30. The summed E-state index contributed by atoms with van der Waals surface area (Å²) in [5.41, 5.74) is 0.960. The van der Waals surface area contributed by atoms with Crippen molar-refractivity contribution >= 4 is 0 Å². The van der Waals surface area contributed by atoms with Crippen LogP contribution in [0.5, 0.6) is 0 Å². The lowest BCUT2D eigenvalue weighted by Crippen LogP contribution is -2.21. The molecule has 104 valence electrons. The fourth-order valence-corrected chi connectivity index (χ4v) is 1.77. The van der Waals surface area contributed by atoms with E-state index in [1.807, 2.05) is 6.92 Å². The van der Waals surface area contributed by atoms with Crippen LogP contribution >= 0.6 is 0 Å². The zero-order valence-corrected chi connectivity index (χ0v) is 11.6. The molecule has 1 aromatic carbocycles. The van der Waals surface area contributed by atoms with Gasteiger partial charge >= 0.3 is 0 Å². The molecule has 1 rings (SSSR count). The molecule has 0 amide bonds. The third-order valence-electron chi connectivity index (χ3n) is 2.95. The summed E-state index contributed by atoms with van der Waals surface area (Å²) in [7, 11) is 0. The average molecular weight is 265 g/mol. The second kappa shape index (κ2) is 6.65. The Hall–Kier alpha value is -1.44. The van der Waals surface area contributed by atoms with Gasteiger partial charge in [-0.3, -0.25) is 0 Å². The zero-order chi connectivity index (χ0) is 14.5. The van der Waals surface area contributed by atoms with E-state index in [0.717, 1.165) is 12.0 Å². The number of aryl methyl sites for hydroxylation is 1. The summed E-state index contributed by atoms with van der Waals surface area (Å²) < 4.78 is 18.9. The maximum Gasteiger partial charge on any atom is 0.123 e. The Labute approximate surface area is 113 Å². The van der Waals surface area contributed by atoms with Crippen LogP contribution in [-0.4, -0.2) is 18.3 Å². The van der Waals surface area contributed by atoms with E-state index in [1.165, 1.54) is 12.1 Å². The van der Waals surface area contributed by atoms with Gasteiger partial charge in [0.2, 0.25) is 0 Å². The first kappa shape index (κ1) is 15.6. The highest BCUT2D eigenvalue weighted by atomic mass is 19.1. The number of hydrogen-bond acceptors (Lipinski definition) is 3. The van der Waals surface area contributed by atoms with Gasteiger partial charge in [0.1, 0.15) is 11.9 Å². The van der Waals surface area contributed by atoms with Crippen LogP contribution in [-0.2, 0) is 11.2 Å². The highest BCUT2D eigenvalue weighted by Gasteiger charge is 2.22. The molecule has 0 saturated carbocycles. The lowest BCUT2D eigenvalue weighted by Gasteiger charge is -2.23. The molecule has 19 heavy (non-hydrogen) atoms. The van der Waals surface area contributed by atoms with Crippen molar-refractivity contribution in [2.75, 3.05) is 13.2 Å². The second-order valence-corrected chi connectivity index (χ2v) is 5.17. The van der Waals surface area contributed by atoms with Gasteiger partial charge in [0.25, 0.3) is 0 Å². The molecule has 1 atom stereocenters. The molecule has 0 saturated heterocycles. The van der Waals surface area contributed by atoms with E-state index in [-0.39, 0.29) is 19.0 Å². The Morgan fingerprint density at radius 2 is 2.16 bits per heavy atom. The van der Waals surface area contributed by atoms with Gasteiger partial charge in [0.05, 0.1) is 24.7 Å². The minimum Gasteiger partial charge on any atom is -0.393 e. The molecule has 0 spiro atoms. The van der Waals surface area contributed by atoms with E-state index in [2.05, 4.69) is 6.07 Å². The summed E-state index contributed by atoms with van der Waals surface area (Å²) in [6.45, 7) is 5.43. The van der Waals surface area contributed by atoms with E-state index in [0.29, 0.717) is 5.56 Å². The Balaban J connectivity index is 2.91. The van der Waals surface area contributed by atoms with Crippen LogP contribution in [0.4, 0.5) is 4.39 Å². The monoisotopic (exact) mass is 265 g/mol. The van der Waals surface area contributed by atoms with Crippen LogP contribution in [0.3, 0.4) is 0 Å². The van der Waals surface area contributed by atoms with Crippen LogP contribution < -0.4 is 0 Å². The van der Waals surface area contributed by atoms with Crippen molar-refractivity contribution in [3.8, 4) is 6.07 Å². The van der Waals surface area contributed by atoms with Crippen molar-refractivity contribution in [1.82, 2.24) is 0 Å². The van der Waals surface area contributed by atoms with Gasteiger partial charge < -0.3 is 9.84 Å². The number of aliphatic hydroxyl groups is 1. The van der Waals surface area contributed by atoms with Crippen LogP contribution in [0.2, 0.25) is 0 Å². The summed E-state index contributed by atoms with van der Waals surface area (Å²) in [5.74, 6) is -0.353. The van der Waals surface area contributed by atoms with Crippen LogP contribution in [0.1, 0.15) is 38.0 Å². The van der Waals surface area contributed by atoms with Crippen LogP contribution in [0.25, 0.3) is 0 Å². The molecule has 1 N–H and O–H groups in total. The minimum atomic E-state index is -0.632. The van der Waals surface area contributed by atoms with Gasteiger partial charge in [-0.15, -0.1) is 0 Å². The van der Waals surface area contributed by atoms with Gasteiger partial charge in [-0.25, -0.2) is 4.39 Å². The number of rotatable bonds is 6. The van der Waals surface area contributed by atoms with Crippen molar-refractivity contribution in [2.24, 2.45) is 5.41 Å². The maximum absolute atomic E-state index is 13.3. The number of halogens is 1. The molecule has 0 aliphatic heterocycles. The number of hydrogen-bond donors (Lipinski definition) is 1. The Morgan fingerprint density at radius 3 is 2.68 bits per heavy atom. The normalized spacial score (nSPS) is 13.1. The first-order valence-electron chi connectivity index (χ1n) is 6.35. The van der Waals surface area contributed by atoms with Crippen molar-refractivity contribution in [1.29, 1.82) is 5.26 Å². The summed E-state index contributed by atoms with van der Waals surface area (Å²) in [6, 6.07) is 6.62. The molecule has 0 unspecified atom stereocenters. The molecule has 0 heterocycles. The van der Waals surface area contributed by atoms with Gasteiger partial charge in [-0.2, -0.15) is 5.26 Å². The first-order valence-corrected chi connectivity index (χ1v) is 6.35. The van der Waals surface area contributed by atoms with Crippen molar-refractivity contribution in [3.63, 3.8) is 0 Å². The van der Waals surface area contributed by atoms with E-state index >= 15 is 0 Å². The topological polar surface area (TPSA) is 53.2 Å². The Kier molecular flexibility index (Phi) is 5.46. The zero-order valence-electron chi connectivity index (χ0n) is 11.6. The quantitative estimate of drug-likeness (QED) is 0.860. The van der Waals surface area contributed by atoms with E-state index < -0.39 is 11.5 Å². The smallest absolute Gasteiger partial charge is 0.123 e. The second-order valence-electron chi connectivity index (χ2n) is 5.17. The number of nitriles is 1. The number of ether oxygens (including phenoxy) is 1. The Bertz CT molecular complexity index is 466. The Morgan fingerprint density at radius 1 is 1.47 bits per heavy atom. The molecule has 1 aromatic rings. The molecular formula is C15H20FNO2. The molecule has 0 aromatic heterocycles. The first-order chi connectivity index (χ1) is 8.93. The van der Waals surface area contributed by atoms with Gasteiger partial charge in [0.15, 0.2) is 0 Å². The molecule has 4 heteroatoms. The van der Waals surface area contributed by atoms with E-state index in [1.54, 1.807) is 19.9 Å². The molecule has 0 aliphatic rings. The number of nitrogens with zero attached hydrogens (tertiary/aromatic N) is 1. The summed E-state index contributed by atoms with van der Waals surface area (Å²) >= 11 is 0. The molecule has 0 bridgehead atoms. The maximum atomic E-state index is 13.3. The molecule has 0 aliphatic carbocycles. The molecule has 0 radical (unpaired) electrons. The predicted molar refractivity (Wildman–Crippen MR) is 71.0 cm³/mol. The third-order valence-corrected chi connectivity index (χ3v) is 2.95. The minimum absolute atomic E-state index is 0.189. The molecular weight excluding hydrogens is 245 g/mol. The third kappa shape index (κ3) is 4.30. The summed E-state index contributed by atoms with van der Waals surface area (Å²) in [6.07, 6.45) is 0.134. The average Bonchev–Trinajstić information content (AvgIpc) is 2.39.